The van der Waals surface area contributed by atoms with Gasteiger partial charge in [0, 0.05) is 30.1 Å². The van der Waals surface area contributed by atoms with Crippen molar-refractivity contribution in [1.29, 1.82) is 0 Å². The summed E-state index contributed by atoms with van der Waals surface area (Å²) in [6.45, 7) is 9.97. The van der Waals surface area contributed by atoms with Gasteiger partial charge in [-0.3, -0.25) is 9.59 Å². The molecule has 0 saturated carbocycles. The van der Waals surface area contributed by atoms with Crippen LogP contribution in [0.3, 0.4) is 0 Å². The highest BCUT2D eigenvalue weighted by atomic mass is 32.2. The number of nitrogens with zero attached hydrogens (tertiary/aromatic N) is 1. The van der Waals surface area contributed by atoms with Crippen LogP contribution in [-0.2, 0) is 10.5 Å². The number of benzene rings is 2. The molecule has 2 aromatic carbocycles. The number of carbonyl (C=O) groups excluding carboxylic acids is 2. The van der Waals surface area contributed by atoms with Crippen molar-refractivity contribution in [2.45, 2.75) is 33.4 Å². The van der Waals surface area contributed by atoms with Crippen molar-refractivity contribution in [1.82, 2.24) is 4.90 Å². The molecule has 0 heterocycles. The Balaban J connectivity index is 1.85. The minimum absolute atomic E-state index is 0.0651. The first-order chi connectivity index (χ1) is 14.2. The lowest BCUT2D eigenvalue weighted by Crippen LogP contribution is -2.37. The number of rotatable bonds is 10. The Hall–Kier alpha value is -2.34. The second-order valence-corrected chi connectivity index (χ2v) is 9.23. The number of anilines is 1. The Morgan fingerprint density at radius 2 is 1.50 bits per heavy atom. The molecule has 2 amide bonds. The summed E-state index contributed by atoms with van der Waals surface area (Å²) in [6, 6.07) is 13.3. The van der Waals surface area contributed by atoms with Gasteiger partial charge in [0.2, 0.25) is 5.91 Å². The Kier molecular flexibility index (Phi) is 9.37. The molecule has 0 radical (unpaired) electrons. The van der Waals surface area contributed by atoms with E-state index < -0.39 is 0 Å². The van der Waals surface area contributed by atoms with Gasteiger partial charge in [-0.15, -0.1) is 11.8 Å². The van der Waals surface area contributed by atoms with E-state index in [1.54, 1.807) is 0 Å². The minimum Gasteiger partial charge on any atom is -0.338 e. The van der Waals surface area contributed by atoms with Crippen molar-refractivity contribution in [3.05, 3.63) is 65.5 Å². The standard InChI is InChI=1S/C24H31FN2O2S/c1-17(2)13-27(14-18(3)4)24(29)20-7-5-19(6-8-20)15-30-16-23(28)26-22-11-9-21(25)10-12-22/h5-12,17-18H,13-16H2,1-4H3,(H,26,28). The fourth-order valence-electron chi connectivity index (χ4n) is 3.04. The molecule has 1 N–H and O–H groups in total. The van der Waals surface area contributed by atoms with Gasteiger partial charge in [0.25, 0.3) is 5.91 Å². The van der Waals surface area contributed by atoms with Crippen molar-refractivity contribution in [2.75, 3.05) is 24.2 Å². The van der Waals surface area contributed by atoms with Crippen LogP contribution in [0.25, 0.3) is 0 Å². The van der Waals surface area contributed by atoms with E-state index in [1.165, 1.54) is 36.0 Å². The molecule has 30 heavy (non-hydrogen) atoms. The molecule has 162 valence electrons. The fraction of sp³-hybridized carbons (Fsp3) is 0.417. The summed E-state index contributed by atoms with van der Waals surface area (Å²) >= 11 is 1.49. The van der Waals surface area contributed by atoms with E-state index in [2.05, 4.69) is 33.0 Å². The van der Waals surface area contributed by atoms with Gasteiger partial charge < -0.3 is 10.2 Å². The first kappa shape index (κ1) is 23.9. The summed E-state index contributed by atoms with van der Waals surface area (Å²) in [4.78, 5) is 26.8. The lowest BCUT2D eigenvalue weighted by Gasteiger charge is -2.26. The van der Waals surface area contributed by atoms with Crippen LogP contribution in [0.2, 0.25) is 0 Å². The predicted molar refractivity (Wildman–Crippen MR) is 123 cm³/mol. The van der Waals surface area contributed by atoms with Crippen molar-refractivity contribution in [3.8, 4) is 0 Å². The molecule has 4 nitrogen and oxygen atoms in total. The molecule has 0 aliphatic heterocycles. The van der Waals surface area contributed by atoms with E-state index >= 15 is 0 Å². The van der Waals surface area contributed by atoms with Gasteiger partial charge in [0.1, 0.15) is 5.82 Å². The molecular formula is C24H31FN2O2S. The molecule has 0 fully saturated rings. The van der Waals surface area contributed by atoms with E-state index in [0.717, 1.165) is 18.7 Å². The molecule has 0 unspecified atom stereocenters. The summed E-state index contributed by atoms with van der Waals surface area (Å²) in [5.41, 5.74) is 2.33. The van der Waals surface area contributed by atoms with Crippen LogP contribution in [0.5, 0.6) is 0 Å². The third-order valence-electron chi connectivity index (χ3n) is 4.29. The van der Waals surface area contributed by atoms with Crippen molar-refractivity contribution < 1.29 is 14.0 Å². The lowest BCUT2D eigenvalue weighted by atomic mass is 10.1. The van der Waals surface area contributed by atoms with Crippen LogP contribution in [0.15, 0.2) is 48.5 Å². The summed E-state index contributed by atoms with van der Waals surface area (Å²) < 4.78 is 12.9. The fourth-order valence-corrected chi connectivity index (χ4v) is 3.83. The van der Waals surface area contributed by atoms with E-state index in [0.29, 0.717) is 34.6 Å². The number of carbonyl (C=O) groups is 2. The molecule has 2 aromatic rings. The van der Waals surface area contributed by atoms with Crippen molar-refractivity contribution >= 4 is 29.3 Å². The Morgan fingerprint density at radius 1 is 0.933 bits per heavy atom. The number of nitrogens with one attached hydrogen (secondary N) is 1. The minimum atomic E-state index is -0.333. The molecule has 0 aliphatic rings. The van der Waals surface area contributed by atoms with E-state index in [9.17, 15) is 14.0 Å². The maximum Gasteiger partial charge on any atom is 0.253 e. The van der Waals surface area contributed by atoms with Gasteiger partial charge in [0.05, 0.1) is 5.75 Å². The quantitative estimate of drug-likeness (QED) is 0.545. The van der Waals surface area contributed by atoms with E-state index in [1.807, 2.05) is 29.2 Å². The van der Waals surface area contributed by atoms with Crippen LogP contribution in [-0.4, -0.2) is 35.6 Å². The van der Waals surface area contributed by atoms with Crippen LogP contribution in [0.4, 0.5) is 10.1 Å². The van der Waals surface area contributed by atoms with Crippen LogP contribution < -0.4 is 5.32 Å². The summed E-state index contributed by atoms with van der Waals surface area (Å²) in [6.07, 6.45) is 0. The lowest BCUT2D eigenvalue weighted by molar-refractivity contribution is -0.113. The number of hydrogen-bond donors (Lipinski definition) is 1. The molecular weight excluding hydrogens is 399 g/mol. The first-order valence-corrected chi connectivity index (χ1v) is 11.4. The average Bonchev–Trinajstić information content (AvgIpc) is 2.68. The zero-order valence-corrected chi connectivity index (χ0v) is 19.0. The van der Waals surface area contributed by atoms with E-state index in [4.69, 9.17) is 0 Å². The maximum absolute atomic E-state index is 12.9. The summed E-state index contributed by atoms with van der Waals surface area (Å²) in [5, 5.41) is 2.75. The van der Waals surface area contributed by atoms with Crippen LogP contribution in [0.1, 0.15) is 43.6 Å². The highest BCUT2D eigenvalue weighted by Crippen LogP contribution is 2.16. The third-order valence-corrected chi connectivity index (χ3v) is 5.29. The molecule has 0 spiro atoms. The highest BCUT2D eigenvalue weighted by molar-refractivity contribution is 7.99. The monoisotopic (exact) mass is 430 g/mol. The van der Waals surface area contributed by atoms with Crippen molar-refractivity contribution in [3.63, 3.8) is 0 Å². The number of hydrogen-bond acceptors (Lipinski definition) is 3. The average molecular weight is 431 g/mol. The van der Waals surface area contributed by atoms with Gasteiger partial charge in [0.15, 0.2) is 0 Å². The van der Waals surface area contributed by atoms with Gasteiger partial charge in [-0.25, -0.2) is 4.39 Å². The normalized spacial score (nSPS) is 11.0. The van der Waals surface area contributed by atoms with Gasteiger partial charge >= 0.3 is 0 Å². The SMILES string of the molecule is CC(C)CN(CC(C)C)C(=O)c1ccc(CSCC(=O)Nc2ccc(F)cc2)cc1. The summed E-state index contributed by atoms with van der Waals surface area (Å²) in [7, 11) is 0. The number of halogens is 1. The molecule has 0 atom stereocenters. The highest BCUT2D eigenvalue weighted by Gasteiger charge is 2.18. The second kappa shape index (κ2) is 11.7. The van der Waals surface area contributed by atoms with Gasteiger partial charge in [-0.2, -0.15) is 0 Å². The molecule has 2 rings (SSSR count). The Labute approximate surface area is 183 Å². The van der Waals surface area contributed by atoms with Crippen LogP contribution in [0, 0.1) is 17.7 Å². The molecule has 0 bridgehead atoms. The Bertz CT molecular complexity index is 810. The summed E-state index contributed by atoms with van der Waals surface area (Å²) in [5.74, 6) is 1.42. The van der Waals surface area contributed by atoms with E-state index in [-0.39, 0.29) is 17.6 Å². The molecule has 0 aromatic heterocycles. The molecule has 6 heteroatoms. The van der Waals surface area contributed by atoms with Gasteiger partial charge in [-0.05, 0) is 53.8 Å². The number of thioether (sulfide) groups is 1. The van der Waals surface area contributed by atoms with Crippen LogP contribution >= 0.6 is 11.8 Å². The maximum atomic E-state index is 12.9. The number of amides is 2. The van der Waals surface area contributed by atoms with Crippen molar-refractivity contribution in [2.24, 2.45) is 11.8 Å². The molecule has 0 saturated heterocycles. The zero-order chi connectivity index (χ0) is 22.1. The zero-order valence-electron chi connectivity index (χ0n) is 18.2. The van der Waals surface area contributed by atoms with Gasteiger partial charge in [-0.1, -0.05) is 39.8 Å². The Morgan fingerprint density at radius 3 is 2.03 bits per heavy atom. The third kappa shape index (κ3) is 8.19. The topological polar surface area (TPSA) is 49.4 Å². The first-order valence-electron chi connectivity index (χ1n) is 10.3. The smallest absolute Gasteiger partial charge is 0.253 e. The molecule has 0 aliphatic carbocycles. The second-order valence-electron chi connectivity index (χ2n) is 8.24. The largest absolute Gasteiger partial charge is 0.338 e. The predicted octanol–water partition coefficient (Wildman–Crippen LogP) is 5.45.